The second-order valence-corrected chi connectivity index (χ2v) is 4.86. The molecule has 1 aromatic rings. The summed E-state index contributed by atoms with van der Waals surface area (Å²) in [5, 5.41) is 4.64. The zero-order valence-electron chi connectivity index (χ0n) is 10.6. The van der Waals surface area contributed by atoms with Crippen LogP contribution in [0.25, 0.3) is 0 Å². The van der Waals surface area contributed by atoms with Gasteiger partial charge in [-0.05, 0) is 25.1 Å². The molecule has 0 aromatic heterocycles. The lowest BCUT2D eigenvalue weighted by Crippen LogP contribution is -2.43. The van der Waals surface area contributed by atoms with Gasteiger partial charge in [-0.15, -0.1) is 0 Å². The summed E-state index contributed by atoms with van der Waals surface area (Å²) in [5.41, 5.74) is -1.12. The van der Waals surface area contributed by atoms with Crippen LogP contribution < -0.4 is 10.6 Å². The molecule has 0 radical (unpaired) electrons. The molecule has 0 bridgehead atoms. The Morgan fingerprint density at radius 2 is 1.90 bits per heavy atom. The van der Waals surface area contributed by atoms with Crippen LogP contribution in [0.2, 0.25) is 0 Å². The minimum atomic E-state index is -4.57. The Hall–Kier alpha value is -1.57. The van der Waals surface area contributed by atoms with E-state index in [2.05, 4.69) is 26.6 Å². The van der Waals surface area contributed by atoms with Crippen molar-refractivity contribution in [3.05, 3.63) is 33.8 Å². The third kappa shape index (κ3) is 3.96. The molecule has 20 heavy (non-hydrogen) atoms. The SMILES string of the molecule is CNC(=O)C(C)NC(=O)c1ccc(Br)c(C(F)(F)F)c1. The fourth-order valence-electron chi connectivity index (χ4n) is 1.45. The number of nitrogens with one attached hydrogen (secondary N) is 2. The number of rotatable bonds is 3. The maximum absolute atomic E-state index is 12.7. The highest BCUT2D eigenvalue weighted by Gasteiger charge is 2.33. The van der Waals surface area contributed by atoms with Gasteiger partial charge in [0.25, 0.3) is 5.91 Å². The number of carbonyl (C=O) groups is 2. The van der Waals surface area contributed by atoms with E-state index in [0.717, 1.165) is 12.1 Å². The quantitative estimate of drug-likeness (QED) is 0.877. The third-order valence-electron chi connectivity index (χ3n) is 2.52. The maximum Gasteiger partial charge on any atom is 0.417 e. The zero-order chi connectivity index (χ0) is 15.5. The largest absolute Gasteiger partial charge is 0.417 e. The summed E-state index contributed by atoms with van der Waals surface area (Å²) in [7, 11) is 1.40. The first-order valence-corrected chi connectivity index (χ1v) is 6.35. The van der Waals surface area contributed by atoms with Crippen LogP contribution in [0.1, 0.15) is 22.8 Å². The molecule has 2 amide bonds. The smallest absolute Gasteiger partial charge is 0.357 e. The summed E-state index contributed by atoms with van der Waals surface area (Å²) in [4.78, 5) is 23.0. The lowest BCUT2D eigenvalue weighted by atomic mass is 10.1. The van der Waals surface area contributed by atoms with Crippen molar-refractivity contribution >= 4 is 27.7 Å². The van der Waals surface area contributed by atoms with Crippen LogP contribution >= 0.6 is 15.9 Å². The number of likely N-dealkylation sites (N-methyl/N-ethyl adjacent to an activating group) is 1. The number of hydrogen-bond acceptors (Lipinski definition) is 2. The van der Waals surface area contributed by atoms with Crippen molar-refractivity contribution in [3.8, 4) is 0 Å². The molecule has 0 aliphatic rings. The molecule has 8 heteroatoms. The molecule has 0 aliphatic carbocycles. The maximum atomic E-state index is 12.7. The van der Waals surface area contributed by atoms with Gasteiger partial charge in [-0.3, -0.25) is 9.59 Å². The van der Waals surface area contributed by atoms with Crippen LogP contribution in [-0.2, 0) is 11.0 Å². The van der Waals surface area contributed by atoms with Crippen molar-refractivity contribution in [1.29, 1.82) is 0 Å². The molecule has 1 atom stereocenters. The Morgan fingerprint density at radius 1 is 1.30 bits per heavy atom. The van der Waals surface area contributed by atoms with E-state index in [9.17, 15) is 22.8 Å². The summed E-state index contributed by atoms with van der Waals surface area (Å²) >= 11 is 2.78. The lowest BCUT2D eigenvalue weighted by Gasteiger charge is -2.14. The Bertz CT molecular complexity index is 532. The van der Waals surface area contributed by atoms with E-state index in [1.54, 1.807) is 0 Å². The van der Waals surface area contributed by atoms with Crippen molar-refractivity contribution in [1.82, 2.24) is 10.6 Å². The number of alkyl halides is 3. The van der Waals surface area contributed by atoms with Gasteiger partial charge in [0.15, 0.2) is 0 Å². The summed E-state index contributed by atoms with van der Waals surface area (Å²) in [6.45, 7) is 1.43. The van der Waals surface area contributed by atoms with E-state index < -0.39 is 29.6 Å². The first kappa shape index (κ1) is 16.5. The Morgan fingerprint density at radius 3 is 2.40 bits per heavy atom. The van der Waals surface area contributed by atoms with Gasteiger partial charge in [-0.2, -0.15) is 13.2 Å². The minimum Gasteiger partial charge on any atom is -0.357 e. The highest BCUT2D eigenvalue weighted by Crippen LogP contribution is 2.35. The highest BCUT2D eigenvalue weighted by atomic mass is 79.9. The van der Waals surface area contributed by atoms with Gasteiger partial charge < -0.3 is 10.6 Å². The molecule has 1 rings (SSSR count). The molecule has 0 spiro atoms. The van der Waals surface area contributed by atoms with E-state index in [1.807, 2.05) is 0 Å². The van der Waals surface area contributed by atoms with Gasteiger partial charge in [-0.1, -0.05) is 15.9 Å². The van der Waals surface area contributed by atoms with Gasteiger partial charge in [0.05, 0.1) is 5.56 Å². The number of benzene rings is 1. The molecule has 0 saturated carbocycles. The molecule has 0 fully saturated rings. The monoisotopic (exact) mass is 352 g/mol. The topological polar surface area (TPSA) is 58.2 Å². The van der Waals surface area contributed by atoms with Gasteiger partial charge in [0.1, 0.15) is 6.04 Å². The molecule has 0 heterocycles. The van der Waals surface area contributed by atoms with E-state index in [4.69, 9.17) is 0 Å². The highest BCUT2D eigenvalue weighted by molar-refractivity contribution is 9.10. The summed E-state index contributed by atoms with van der Waals surface area (Å²) in [5.74, 6) is -1.19. The number of hydrogen-bond donors (Lipinski definition) is 2. The molecule has 0 aliphatic heterocycles. The van der Waals surface area contributed by atoms with E-state index in [-0.39, 0.29) is 10.0 Å². The number of carbonyl (C=O) groups excluding carboxylic acids is 2. The molecule has 0 saturated heterocycles. The second kappa shape index (κ2) is 6.25. The Kier molecular flexibility index (Phi) is 5.15. The first-order chi connectivity index (χ1) is 9.16. The van der Waals surface area contributed by atoms with Gasteiger partial charge in [-0.25, -0.2) is 0 Å². The van der Waals surface area contributed by atoms with Gasteiger partial charge in [0.2, 0.25) is 5.91 Å². The molecule has 110 valence electrons. The normalized spacial score (nSPS) is 12.7. The summed E-state index contributed by atoms with van der Waals surface area (Å²) in [6.07, 6.45) is -4.57. The van der Waals surface area contributed by atoms with Crippen molar-refractivity contribution in [2.75, 3.05) is 7.05 Å². The van der Waals surface area contributed by atoms with Crippen molar-refractivity contribution in [2.45, 2.75) is 19.1 Å². The summed E-state index contributed by atoms with van der Waals surface area (Å²) < 4.78 is 38.0. The van der Waals surface area contributed by atoms with E-state index in [1.165, 1.54) is 20.0 Å². The molecule has 4 nitrogen and oxygen atoms in total. The van der Waals surface area contributed by atoms with Gasteiger partial charge >= 0.3 is 6.18 Å². The van der Waals surface area contributed by atoms with Crippen LogP contribution in [0, 0.1) is 0 Å². The van der Waals surface area contributed by atoms with Crippen LogP contribution in [0.5, 0.6) is 0 Å². The molecule has 1 unspecified atom stereocenters. The second-order valence-electron chi connectivity index (χ2n) is 4.00. The summed E-state index contributed by atoms with van der Waals surface area (Å²) in [6, 6.07) is 2.27. The van der Waals surface area contributed by atoms with E-state index >= 15 is 0 Å². The molecule has 1 aromatic carbocycles. The molecular formula is C12H12BrF3N2O2. The standard InChI is InChI=1S/C12H12BrF3N2O2/c1-6(10(19)17-2)18-11(20)7-3-4-9(13)8(5-7)12(14,15)16/h3-6H,1-2H3,(H,17,19)(H,18,20). The van der Waals surface area contributed by atoms with Crippen LogP contribution in [0.15, 0.2) is 22.7 Å². The fourth-order valence-corrected chi connectivity index (χ4v) is 1.92. The fraction of sp³-hybridized carbons (Fsp3) is 0.333. The Labute approximate surface area is 121 Å². The van der Waals surface area contributed by atoms with Crippen LogP contribution in [-0.4, -0.2) is 24.9 Å². The van der Waals surface area contributed by atoms with Crippen molar-refractivity contribution in [3.63, 3.8) is 0 Å². The van der Waals surface area contributed by atoms with Crippen LogP contribution in [0.3, 0.4) is 0 Å². The number of halogens is 4. The lowest BCUT2D eigenvalue weighted by molar-refractivity contribution is -0.138. The van der Waals surface area contributed by atoms with E-state index in [0.29, 0.717) is 0 Å². The average Bonchev–Trinajstić information content (AvgIpc) is 2.36. The Balaban J connectivity index is 2.98. The number of amides is 2. The third-order valence-corrected chi connectivity index (χ3v) is 3.21. The predicted molar refractivity (Wildman–Crippen MR) is 70.1 cm³/mol. The van der Waals surface area contributed by atoms with Crippen LogP contribution in [0.4, 0.5) is 13.2 Å². The van der Waals surface area contributed by atoms with Gasteiger partial charge in [0, 0.05) is 17.1 Å². The zero-order valence-corrected chi connectivity index (χ0v) is 12.2. The predicted octanol–water partition coefficient (Wildman–Crippen LogP) is 2.33. The van der Waals surface area contributed by atoms with Crippen molar-refractivity contribution < 1.29 is 22.8 Å². The minimum absolute atomic E-state index is 0.152. The first-order valence-electron chi connectivity index (χ1n) is 5.56. The molecular weight excluding hydrogens is 341 g/mol. The molecule has 2 N–H and O–H groups in total. The van der Waals surface area contributed by atoms with Crippen molar-refractivity contribution in [2.24, 2.45) is 0 Å². The average molecular weight is 353 g/mol.